The first-order chi connectivity index (χ1) is 15.5. The number of anilines is 1. The Hall–Kier alpha value is -2.64. The SMILES string of the molecule is Cc1nc2cc(-c3ccc(N4CCN(C)CC4)cc3)cc(OC(C)[C@H]3CNC(=O)C3)c2s1. The van der Waals surface area contributed by atoms with Gasteiger partial charge in [-0.2, -0.15) is 0 Å². The number of nitrogens with one attached hydrogen (secondary N) is 1. The number of nitrogens with zero attached hydrogens (tertiary/aromatic N) is 3. The number of aromatic nitrogens is 1. The molecule has 1 aromatic heterocycles. The molecule has 2 fully saturated rings. The standard InChI is InChI=1S/C25H30N4O2S/c1-16(20-14-24(30)26-15-20)31-23-13-19(12-22-25(23)32-17(2)27-22)18-4-6-21(7-5-18)29-10-8-28(3)9-11-29/h4-7,12-13,16,20H,8-11,14-15H2,1-3H3,(H,26,30)/t16?,20-/m1/s1. The van der Waals surface area contributed by atoms with Crippen molar-refractivity contribution >= 4 is 33.1 Å². The first-order valence-electron chi connectivity index (χ1n) is 11.3. The predicted molar refractivity (Wildman–Crippen MR) is 131 cm³/mol. The Kier molecular flexibility index (Phi) is 5.78. The normalized spacial score (nSPS) is 20.5. The molecule has 32 heavy (non-hydrogen) atoms. The molecule has 1 N–H and O–H groups in total. The summed E-state index contributed by atoms with van der Waals surface area (Å²) < 4.78 is 7.50. The lowest BCUT2D eigenvalue weighted by atomic mass is 10.0. The Morgan fingerprint density at radius 2 is 1.88 bits per heavy atom. The summed E-state index contributed by atoms with van der Waals surface area (Å²) in [5.74, 6) is 1.16. The van der Waals surface area contributed by atoms with Gasteiger partial charge in [-0.05, 0) is 56.3 Å². The molecule has 1 unspecified atom stereocenters. The van der Waals surface area contributed by atoms with E-state index < -0.39 is 0 Å². The second kappa shape index (κ2) is 8.71. The molecule has 0 spiro atoms. The number of aryl methyl sites for hydroxylation is 1. The fraction of sp³-hybridized carbons (Fsp3) is 0.440. The van der Waals surface area contributed by atoms with Crippen molar-refractivity contribution < 1.29 is 9.53 Å². The van der Waals surface area contributed by atoms with Gasteiger partial charge in [0, 0.05) is 50.7 Å². The van der Waals surface area contributed by atoms with Crippen LogP contribution in [0.1, 0.15) is 18.4 Å². The van der Waals surface area contributed by atoms with E-state index in [9.17, 15) is 4.79 Å². The van der Waals surface area contributed by atoms with E-state index in [1.165, 1.54) is 5.69 Å². The van der Waals surface area contributed by atoms with Crippen molar-refractivity contribution in [3.8, 4) is 16.9 Å². The van der Waals surface area contributed by atoms with Crippen LogP contribution in [0.15, 0.2) is 36.4 Å². The van der Waals surface area contributed by atoms with E-state index in [0.717, 1.165) is 58.3 Å². The lowest BCUT2D eigenvalue weighted by Crippen LogP contribution is -2.44. The fourth-order valence-electron chi connectivity index (χ4n) is 4.55. The highest BCUT2D eigenvalue weighted by molar-refractivity contribution is 7.18. The number of hydrogen-bond donors (Lipinski definition) is 1. The maximum atomic E-state index is 11.6. The fourth-order valence-corrected chi connectivity index (χ4v) is 5.41. The summed E-state index contributed by atoms with van der Waals surface area (Å²) in [5, 5.41) is 3.94. The number of ether oxygens (including phenoxy) is 1. The van der Waals surface area contributed by atoms with Gasteiger partial charge in [-0.15, -0.1) is 11.3 Å². The van der Waals surface area contributed by atoms with Gasteiger partial charge >= 0.3 is 0 Å². The summed E-state index contributed by atoms with van der Waals surface area (Å²) in [6, 6.07) is 13.1. The number of thiazole rings is 1. The number of rotatable bonds is 5. The number of likely N-dealkylation sites (N-methyl/N-ethyl adjacent to an activating group) is 1. The van der Waals surface area contributed by atoms with Crippen molar-refractivity contribution in [2.75, 3.05) is 44.7 Å². The van der Waals surface area contributed by atoms with E-state index in [-0.39, 0.29) is 17.9 Å². The first kappa shape index (κ1) is 21.2. The molecular weight excluding hydrogens is 420 g/mol. The maximum absolute atomic E-state index is 11.6. The van der Waals surface area contributed by atoms with Crippen molar-refractivity contribution in [2.45, 2.75) is 26.4 Å². The van der Waals surface area contributed by atoms with Crippen molar-refractivity contribution in [3.05, 3.63) is 41.4 Å². The second-order valence-electron chi connectivity index (χ2n) is 8.98. The van der Waals surface area contributed by atoms with Crippen LogP contribution in [0.4, 0.5) is 5.69 Å². The zero-order valence-corrected chi connectivity index (χ0v) is 19.7. The molecule has 6 nitrogen and oxygen atoms in total. The minimum absolute atomic E-state index is 0.0468. The van der Waals surface area contributed by atoms with Crippen molar-refractivity contribution in [2.24, 2.45) is 5.92 Å². The van der Waals surface area contributed by atoms with Crippen molar-refractivity contribution in [1.82, 2.24) is 15.2 Å². The Labute approximate surface area is 193 Å². The number of piperazine rings is 1. The van der Waals surface area contributed by atoms with Gasteiger partial charge in [0.25, 0.3) is 0 Å². The zero-order valence-electron chi connectivity index (χ0n) is 18.9. The molecular formula is C25H30N4O2S. The highest BCUT2D eigenvalue weighted by atomic mass is 32.1. The summed E-state index contributed by atoms with van der Waals surface area (Å²) in [6.07, 6.45) is 0.480. The number of amides is 1. The zero-order chi connectivity index (χ0) is 22.2. The molecule has 5 rings (SSSR count). The van der Waals surface area contributed by atoms with E-state index in [2.05, 4.69) is 65.5 Å². The summed E-state index contributed by atoms with van der Waals surface area (Å²) in [7, 11) is 2.18. The molecule has 0 bridgehead atoms. The molecule has 3 heterocycles. The topological polar surface area (TPSA) is 57.7 Å². The van der Waals surface area contributed by atoms with E-state index in [4.69, 9.17) is 9.72 Å². The van der Waals surface area contributed by atoms with Gasteiger partial charge in [-0.1, -0.05) is 12.1 Å². The molecule has 3 aromatic rings. The summed E-state index contributed by atoms with van der Waals surface area (Å²) >= 11 is 1.66. The highest BCUT2D eigenvalue weighted by Crippen LogP contribution is 2.37. The molecule has 1 amide bonds. The van der Waals surface area contributed by atoms with Crippen LogP contribution in [0, 0.1) is 12.8 Å². The lowest BCUT2D eigenvalue weighted by molar-refractivity contribution is -0.119. The van der Waals surface area contributed by atoms with Gasteiger partial charge in [0.1, 0.15) is 11.9 Å². The maximum Gasteiger partial charge on any atom is 0.220 e. The molecule has 7 heteroatoms. The average molecular weight is 451 g/mol. The van der Waals surface area contributed by atoms with Gasteiger partial charge in [-0.25, -0.2) is 4.98 Å². The third-order valence-corrected chi connectivity index (χ3v) is 7.62. The van der Waals surface area contributed by atoms with Gasteiger partial charge < -0.3 is 19.9 Å². The van der Waals surface area contributed by atoms with Crippen LogP contribution in [0.25, 0.3) is 21.3 Å². The number of benzene rings is 2. The molecule has 2 saturated heterocycles. The highest BCUT2D eigenvalue weighted by Gasteiger charge is 2.28. The lowest BCUT2D eigenvalue weighted by Gasteiger charge is -2.34. The van der Waals surface area contributed by atoms with Gasteiger partial charge in [0.15, 0.2) is 0 Å². The first-order valence-corrected chi connectivity index (χ1v) is 12.2. The smallest absolute Gasteiger partial charge is 0.220 e. The molecule has 2 aromatic carbocycles. The third-order valence-electron chi connectivity index (χ3n) is 6.62. The summed E-state index contributed by atoms with van der Waals surface area (Å²) in [5.41, 5.74) is 4.51. The van der Waals surface area contributed by atoms with Crippen LogP contribution < -0.4 is 15.0 Å². The van der Waals surface area contributed by atoms with Crippen LogP contribution in [-0.2, 0) is 4.79 Å². The van der Waals surface area contributed by atoms with Crippen LogP contribution in [0.3, 0.4) is 0 Å². The van der Waals surface area contributed by atoms with E-state index in [1.54, 1.807) is 11.3 Å². The summed E-state index contributed by atoms with van der Waals surface area (Å²) in [6.45, 7) is 9.09. The van der Waals surface area contributed by atoms with Crippen LogP contribution in [0.5, 0.6) is 5.75 Å². The van der Waals surface area contributed by atoms with Gasteiger partial charge in [0.2, 0.25) is 5.91 Å². The quantitative estimate of drug-likeness (QED) is 0.638. The van der Waals surface area contributed by atoms with E-state index in [1.807, 2.05) is 6.92 Å². The molecule has 2 aliphatic rings. The number of hydrogen-bond acceptors (Lipinski definition) is 6. The molecule has 168 valence electrons. The largest absolute Gasteiger partial charge is 0.489 e. The van der Waals surface area contributed by atoms with Crippen molar-refractivity contribution in [3.63, 3.8) is 0 Å². The van der Waals surface area contributed by atoms with E-state index >= 15 is 0 Å². The number of fused-ring (bicyclic) bond motifs is 1. The third kappa shape index (κ3) is 4.32. The molecule has 0 radical (unpaired) electrons. The molecule has 0 aliphatic carbocycles. The van der Waals surface area contributed by atoms with Gasteiger partial charge in [-0.3, -0.25) is 4.79 Å². The average Bonchev–Trinajstić information content (AvgIpc) is 3.39. The van der Waals surface area contributed by atoms with Crippen molar-refractivity contribution in [1.29, 1.82) is 0 Å². The van der Waals surface area contributed by atoms with E-state index in [0.29, 0.717) is 13.0 Å². The van der Waals surface area contributed by atoms with Crippen LogP contribution >= 0.6 is 11.3 Å². The Morgan fingerprint density at radius 3 is 2.56 bits per heavy atom. The number of carbonyl (C=O) groups excluding carboxylic acids is 1. The molecule has 2 aliphatic heterocycles. The summed E-state index contributed by atoms with van der Waals surface area (Å²) in [4.78, 5) is 21.2. The predicted octanol–water partition coefficient (Wildman–Crippen LogP) is 3.93. The Morgan fingerprint density at radius 1 is 1.12 bits per heavy atom. The molecule has 0 saturated carbocycles. The number of carbonyl (C=O) groups is 1. The Bertz CT molecular complexity index is 1120. The minimum Gasteiger partial charge on any atom is -0.489 e. The second-order valence-corrected chi connectivity index (χ2v) is 10.2. The Balaban J connectivity index is 1.42. The molecule has 2 atom stereocenters. The minimum atomic E-state index is -0.0468. The van der Waals surface area contributed by atoms with Gasteiger partial charge in [0.05, 0.1) is 15.2 Å². The van der Waals surface area contributed by atoms with Crippen LogP contribution in [0.2, 0.25) is 0 Å². The monoisotopic (exact) mass is 450 g/mol. The van der Waals surface area contributed by atoms with Crippen LogP contribution in [-0.4, -0.2) is 61.7 Å².